The van der Waals surface area contributed by atoms with Gasteiger partial charge in [0, 0.05) is 19.3 Å². The van der Waals surface area contributed by atoms with E-state index in [1.54, 1.807) is 34.8 Å². The van der Waals surface area contributed by atoms with E-state index in [2.05, 4.69) is 4.99 Å². The van der Waals surface area contributed by atoms with Gasteiger partial charge in [-0.2, -0.15) is 4.31 Å². The molecule has 5 nitrogen and oxygen atoms in total. The Morgan fingerprint density at radius 1 is 0.867 bits per heavy atom. The Labute approximate surface area is 177 Å². The molecule has 1 fully saturated rings. The van der Waals surface area contributed by atoms with Gasteiger partial charge in [0.2, 0.25) is 10.0 Å². The van der Waals surface area contributed by atoms with E-state index in [1.165, 1.54) is 0 Å². The van der Waals surface area contributed by atoms with Crippen LogP contribution in [0.4, 0.5) is 5.69 Å². The summed E-state index contributed by atoms with van der Waals surface area (Å²) in [5.41, 5.74) is 2.77. The molecule has 1 aliphatic heterocycles. The van der Waals surface area contributed by atoms with Gasteiger partial charge in [0.25, 0.3) is 0 Å². The van der Waals surface area contributed by atoms with E-state index in [1.807, 2.05) is 54.6 Å². The highest BCUT2D eigenvalue weighted by Gasteiger charge is 2.26. The fourth-order valence-corrected chi connectivity index (χ4v) is 4.84. The van der Waals surface area contributed by atoms with E-state index in [4.69, 9.17) is 4.74 Å². The van der Waals surface area contributed by atoms with Crippen LogP contribution < -0.4 is 4.74 Å². The van der Waals surface area contributed by atoms with Gasteiger partial charge >= 0.3 is 0 Å². The lowest BCUT2D eigenvalue weighted by Crippen LogP contribution is -2.27. The molecule has 1 aliphatic rings. The van der Waals surface area contributed by atoms with E-state index < -0.39 is 10.0 Å². The van der Waals surface area contributed by atoms with Gasteiger partial charge in [0.05, 0.1) is 10.6 Å². The molecule has 6 heteroatoms. The first-order valence-electron chi connectivity index (χ1n) is 10.0. The number of aliphatic imine (C=N–C) groups is 1. The van der Waals surface area contributed by atoms with Crippen LogP contribution in [0.1, 0.15) is 24.0 Å². The van der Waals surface area contributed by atoms with E-state index in [0.29, 0.717) is 30.3 Å². The minimum absolute atomic E-state index is 0.322. The maximum absolute atomic E-state index is 12.6. The zero-order valence-corrected chi connectivity index (χ0v) is 17.5. The molecule has 0 radical (unpaired) electrons. The molecule has 1 saturated heterocycles. The molecule has 0 amide bonds. The molecule has 3 aromatic carbocycles. The van der Waals surface area contributed by atoms with Gasteiger partial charge in [-0.3, -0.25) is 4.99 Å². The second-order valence-corrected chi connectivity index (χ2v) is 9.14. The van der Waals surface area contributed by atoms with E-state index >= 15 is 0 Å². The van der Waals surface area contributed by atoms with Gasteiger partial charge in [0.1, 0.15) is 12.4 Å². The second kappa shape index (κ2) is 9.24. The number of hydrogen-bond donors (Lipinski definition) is 0. The Kier molecular flexibility index (Phi) is 6.26. The number of sulfonamides is 1. The Morgan fingerprint density at radius 3 is 2.20 bits per heavy atom. The Balaban J connectivity index is 1.36. The molecule has 0 unspecified atom stereocenters. The quantitative estimate of drug-likeness (QED) is 0.516. The smallest absolute Gasteiger partial charge is 0.243 e. The lowest BCUT2D eigenvalue weighted by Gasteiger charge is -2.15. The fraction of sp³-hybridized carbons (Fsp3) is 0.208. The molecule has 4 rings (SSSR count). The van der Waals surface area contributed by atoms with E-state index in [-0.39, 0.29) is 0 Å². The minimum atomic E-state index is -3.39. The van der Waals surface area contributed by atoms with Crippen molar-refractivity contribution in [2.45, 2.75) is 24.3 Å². The first kappa shape index (κ1) is 20.3. The number of hydrogen-bond acceptors (Lipinski definition) is 4. The summed E-state index contributed by atoms with van der Waals surface area (Å²) < 4.78 is 32.5. The number of benzene rings is 3. The van der Waals surface area contributed by atoms with Crippen LogP contribution in [0.2, 0.25) is 0 Å². The van der Waals surface area contributed by atoms with Crippen molar-refractivity contribution in [3.8, 4) is 5.75 Å². The molecule has 3 aromatic rings. The van der Waals surface area contributed by atoms with Crippen molar-refractivity contribution in [1.82, 2.24) is 4.31 Å². The molecule has 0 N–H and O–H groups in total. The van der Waals surface area contributed by atoms with Crippen LogP contribution in [0, 0.1) is 0 Å². The monoisotopic (exact) mass is 420 g/mol. The largest absolute Gasteiger partial charge is 0.489 e. The first-order chi connectivity index (χ1) is 14.6. The molecule has 0 aliphatic carbocycles. The summed E-state index contributed by atoms with van der Waals surface area (Å²) in [6.07, 6.45) is 3.61. The number of rotatable bonds is 7. The summed E-state index contributed by atoms with van der Waals surface area (Å²) >= 11 is 0. The highest BCUT2D eigenvalue weighted by Crippen LogP contribution is 2.23. The molecule has 0 atom stereocenters. The topological polar surface area (TPSA) is 59.0 Å². The average molecular weight is 421 g/mol. The molecule has 0 spiro atoms. The van der Waals surface area contributed by atoms with Crippen LogP contribution in [0.25, 0.3) is 0 Å². The van der Waals surface area contributed by atoms with Gasteiger partial charge < -0.3 is 4.74 Å². The van der Waals surface area contributed by atoms with Gasteiger partial charge in [0.15, 0.2) is 0 Å². The van der Waals surface area contributed by atoms with Crippen LogP contribution >= 0.6 is 0 Å². The summed E-state index contributed by atoms with van der Waals surface area (Å²) in [5, 5.41) is 0. The predicted molar refractivity (Wildman–Crippen MR) is 119 cm³/mol. The van der Waals surface area contributed by atoms with Crippen molar-refractivity contribution in [3.05, 3.63) is 90.0 Å². The SMILES string of the molecule is O=S(=O)(c1ccc(N=Cc2ccc(OCc3ccccc3)cc2)cc1)N1CCCC1. The van der Waals surface area contributed by atoms with Crippen LogP contribution in [-0.4, -0.2) is 32.0 Å². The fourth-order valence-electron chi connectivity index (χ4n) is 3.32. The third-order valence-corrected chi connectivity index (χ3v) is 6.94. The number of ether oxygens (including phenoxy) is 1. The molecule has 154 valence electrons. The maximum Gasteiger partial charge on any atom is 0.243 e. The van der Waals surface area contributed by atoms with Crippen molar-refractivity contribution in [2.75, 3.05) is 13.1 Å². The predicted octanol–water partition coefficient (Wildman–Crippen LogP) is 4.80. The highest BCUT2D eigenvalue weighted by molar-refractivity contribution is 7.89. The lowest BCUT2D eigenvalue weighted by atomic mass is 10.2. The third kappa shape index (κ3) is 4.96. The number of nitrogens with zero attached hydrogens (tertiary/aromatic N) is 2. The normalized spacial score (nSPS) is 14.9. The zero-order chi connectivity index (χ0) is 20.8. The molecule has 0 saturated carbocycles. The molecular weight excluding hydrogens is 396 g/mol. The third-order valence-electron chi connectivity index (χ3n) is 5.03. The Bertz CT molecular complexity index is 1090. The average Bonchev–Trinajstić information content (AvgIpc) is 3.34. The first-order valence-corrected chi connectivity index (χ1v) is 11.5. The van der Waals surface area contributed by atoms with Crippen molar-refractivity contribution in [2.24, 2.45) is 4.99 Å². The molecular formula is C24H24N2O3S. The Hall–Kier alpha value is -2.96. The molecule has 1 heterocycles. The molecule has 0 bridgehead atoms. The van der Waals surface area contributed by atoms with Crippen LogP contribution in [-0.2, 0) is 16.6 Å². The maximum atomic E-state index is 12.6. The summed E-state index contributed by atoms with van der Waals surface area (Å²) in [6, 6.07) is 24.5. The van der Waals surface area contributed by atoms with Gasteiger partial charge in [-0.05, 0) is 72.5 Å². The summed E-state index contributed by atoms with van der Waals surface area (Å²) in [6.45, 7) is 1.74. The van der Waals surface area contributed by atoms with Gasteiger partial charge in [-0.15, -0.1) is 0 Å². The van der Waals surface area contributed by atoms with Crippen LogP contribution in [0.3, 0.4) is 0 Å². The standard InChI is InChI=1S/C24H24N2O3S/c27-30(28,26-16-4-5-17-26)24-14-10-22(11-15-24)25-18-20-8-12-23(13-9-20)29-19-21-6-2-1-3-7-21/h1-3,6-15,18H,4-5,16-17,19H2. The van der Waals surface area contributed by atoms with E-state index in [0.717, 1.165) is 29.7 Å². The van der Waals surface area contributed by atoms with Crippen LogP contribution in [0.15, 0.2) is 88.8 Å². The van der Waals surface area contributed by atoms with Crippen molar-refractivity contribution in [3.63, 3.8) is 0 Å². The minimum Gasteiger partial charge on any atom is -0.489 e. The zero-order valence-electron chi connectivity index (χ0n) is 16.6. The lowest BCUT2D eigenvalue weighted by molar-refractivity contribution is 0.306. The molecule has 30 heavy (non-hydrogen) atoms. The molecule has 0 aromatic heterocycles. The van der Waals surface area contributed by atoms with Crippen LogP contribution in [0.5, 0.6) is 5.75 Å². The van der Waals surface area contributed by atoms with Crippen molar-refractivity contribution < 1.29 is 13.2 Å². The highest BCUT2D eigenvalue weighted by atomic mass is 32.2. The Morgan fingerprint density at radius 2 is 1.53 bits per heavy atom. The van der Waals surface area contributed by atoms with Crippen molar-refractivity contribution >= 4 is 21.9 Å². The summed E-state index contributed by atoms with van der Waals surface area (Å²) in [4.78, 5) is 4.77. The second-order valence-electron chi connectivity index (χ2n) is 7.21. The van der Waals surface area contributed by atoms with E-state index in [9.17, 15) is 8.42 Å². The van der Waals surface area contributed by atoms with Gasteiger partial charge in [-0.25, -0.2) is 8.42 Å². The van der Waals surface area contributed by atoms with Crippen molar-refractivity contribution in [1.29, 1.82) is 0 Å². The summed E-state index contributed by atoms with van der Waals surface area (Å²) in [7, 11) is -3.39. The van der Waals surface area contributed by atoms with Gasteiger partial charge in [-0.1, -0.05) is 30.3 Å². The summed E-state index contributed by atoms with van der Waals surface area (Å²) in [5.74, 6) is 0.799.